The van der Waals surface area contributed by atoms with Gasteiger partial charge >= 0.3 is 5.97 Å². The summed E-state index contributed by atoms with van der Waals surface area (Å²) in [5, 5.41) is 10.3. The number of ether oxygens (including phenoxy) is 1. The molecule has 1 atom stereocenters. The van der Waals surface area contributed by atoms with Crippen LogP contribution in [-0.4, -0.2) is 17.0 Å². The number of amides is 1. The quantitative estimate of drug-likeness (QED) is 0.638. The van der Waals surface area contributed by atoms with E-state index in [1.165, 1.54) is 0 Å². The van der Waals surface area contributed by atoms with E-state index in [0.29, 0.717) is 17.7 Å². The Labute approximate surface area is 154 Å². The Kier molecular flexibility index (Phi) is 5.80. The van der Waals surface area contributed by atoms with Crippen LogP contribution in [0.2, 0.25) is 0 Å². The molecule has 0 saturated heterocycles. The van der Waals surface area contributed by atoms with E-state index in [9.17, 15) is 9.59 Å². The molecule has 0 bridgehead atoms. The van der Waals surface area contributed by atoms with Crippen molar-refractivity contribution in [2.24, 2.45) is 0 Å². The molecular formula is C19H18N2O4S. The average molecular weight is 370 g/mol. The number of nitrogens with one attached hydrogen (secondary N) is 1. The summed E-state index contributed by atoms with van der Waals surface area (Å²) in [5.74, 6) is -0.0583. The maximum atomic E-state index is 12.6. The number of thiophene rings is 1. The van der Waals surface area contributed by atoms with Crippen molar-refractivity contribution in [3.8, 4) is 0 Å². The van der Waals surface area contributed by atoms with E-state index in [2.05, 4.69) is 10.5 Å². The minimum Gasteiger partial charge on any atom is -0.447 e. The fourth-order valence-electron chi connectivity index (χ4n) is 2.39. The third-order valence-corrected chi connectivity index (χ3v) is 4.40. The van der Waals surface area contributed by atoms with Gasteiger partial charge in [-0.2, -0.15) is 11.3 Å². The Morgan fingerprint density at radius 3 is 2.73 bits per heavy atom. The van der Waals surface area contributed by atoms with Crippen molar-refractivity contribution < 1.29 is 18.8 Å². The largest absolute Gasteiger partial charge is 0.447 e. The van der Waals surface area contributed by atoms with Gasteiger partial charge in [0.2, 0.25) is 6.10 Å². The molecule has 1 unspecified atom stereocenters. The fraction of sp³-hybridized carbons (Fsp3) is 0.211. The highest BCUT2D eigenvalue weighted by atomic mass is 32.1. The van der Waals surface area contributed by atoms with Gasteiger partial charge in [0.1, 0.15) is 5.76 Å². The molecule has 1 amide bonds. The van der Waals surface area contributed by atoms with E-state index in [1.54, 1.807) is 48.6 Å². The van der Waals surface area contributed by atoms with Crippen molar-refractivity contribution in [2.75, 3.05) is 5.32 Å². The first-order chi connectivity index (χ1) is 12.6. The summed E-state index contributed by atoms with van der Waals surface area (Å²) in [6.45, 7) is 1.72. The summed E-state index contributed by atoms with van der Waals surface area (Å²) in [6, 6.07) is 12.4. The highest BCUT2D eigenvalue weighted by molar-refractivity contribution is 7.07. The Bertz CT molecular complexity index is 859. The first-order valence-corrected chi connectivity index (χ1v) is 9.06. The van der Waals surface area contributed by atoms with Gasteiger partial charge in [-0.15, -0.1) is 0 Å². The van der Waals surface area contributed by atoms with Crippen LogP contribution >= 0.6 is 11.3 Å². The Hall–Kier alpha value is -2.93. The fourth-order valence-corrected chi connectivity index (χ4v) is 3.09. The van der Waals surface area contributed by atoms with Crippen LogP contribution in [-0.2, 0) is 20.7 Å². The monoisotopic (exact) mass is 370 g/mol. The molecule has 1 aromatic carbocycles. The summed E-state index contributed by atoms with van der Waals surface area (Å²) >= 11 is 1.58. The zero-order valence-corrected chi connectivity index (χ0v) is 15.0. The molecule has 26 heavy (non-hydrogen) atoms. The number of rotatable bonds is 7. The van der Waals surface area contributed by atoms with Gasteiger partial charge in [-0.25, -0.2) is 0 Å². The second-order valence-corrected chi connectivity index (χ2v) is 6.50. The summed E-state index contributed by atoms with van der Waals surface area (Å²) in [6.07, 6.45) is -0.271. The number of esters is 1. The van der Waals surface area contributed by atoms with Gasteiger partial charge < -0.3 is 14.6 Å². The van der Waals surface area contributed by atoms with Crippen molar-refractivity contribution >= 4 is 29.0 Å². The van der Waals surface area contributed by atoms with Gasteiger partial charge in [-0.3, -0.25) is 9.59 Å². The van der Waals surface area contributed by atoms with Gasteiger partial charge in [0, 0.05) is 18.1 Å². The van der Waals surface area contributed by atoms with Gasteiger partial charge in [-0.05, 0) is 35.7 Å². The molecule has 1 N–H and O–H groups in total. The first-order valence-electron chi connectivity index (χ1n) is 8.11. The van der Waals surface area contributed by atoms with Crippen LogP contribution in [0.15, 0.2) is 57.7 Å². The van der Waals surface area contributed by atoms with Crippen LogP contribution in [0.3, 0.4) is 0 Å². The van der Waals surface area contributed by atoms with Crippen LogP contribution in [0, 0.1) is 6.92 Å². The number of carbonyl (C=O) groups excluding carboxylic acids is 2. The number of hydrogen-bond donors (Lipinski definition) is 1. The lowest BCUT2D eigenvalue weighted by molar-refractivity contribution is -0.154. The van der Waals surface area contributed by atoms with Crippen molar-refractivity contribution in [1.82, 2.24) is 5.16 Å². The molecule has 6 nitrogen and oxygen atoms in total. The van der Waals surface area contributed by atoms with Gasteiger partial charge in [0.15, 0.2) is 5.82 Å². The van der Waals surface area contributed by atoms with E-state index in [0.717, 1.165) is 5.56 Å². The lowest BCUT2D eigenvalue weighted by Crippen LogP contribution is -2.26. The summed E-state index contributed by atoms with van der Waals surface area (Å²) in [7, 11) is 0. The standard InChI is InChI=1S/C19H18N2O4S/c1-13-11-16(21-25-13)20-19(23)18(15-5-3-2-4-6-15)24-17(22)8-7-14-9-10-26-12-14/h2-6,9-12,18H,7-8H2,1H3,(H,20,21,23). The van der Waals surface area contributed by atoms with Gasteiger partial charge in [0.25, 0.3) is 5.91 Å². The third-order valence-electron chi connectivity index (χ3n) is 3.67. The predicted molar refractivity (Wildman–Crippen MR) is 97.8 cm³/mol. The number of hydrogen-bond acceptors (Lipinski definition) is 6. The maximum absolute atomic E-state index is 12.6. The number of anilines is 1. The van der Waals surface area contributed by atoms with E-state index < -0.39 is 18.0 Å². The van der Waals surface area contributed by atoms with Crippen LogP contribution in [0.5, 0.6) is 0 Å². The Morgan fingerprint density at radius 1 is 1.27 bits per heavy atom. The second kappa shape index (κ2) is 8.44. The molecule has 0 spiro atoms. The van der Waals surface area contributed by atoms with Gasteiger partial charge in [0.05, 0.1) is 0 Å². The van der Waals surface area contributed by atoms with Crippen LogP contribution in [0.4, 0.5) is 5.82 Å². The highest BCUT2D eigenvalue weighted by Crippen LogP contribution is 2.21. The summed E-state index contributed by atoms with van der Waals surface area (Å²) in [5.41, 5.74) is 1.67. The van der Waals surface area contributed by atoms with E-state index in [1.807, 2.05) is 22.9 Å². The molecule has 3 rings (SSSR count). The average Bonchev–Trinajstić information content (AvgIpc) is 3.30. The molecule has 0 aliphatic heterocycles. The zero-order valence-electron chi connectivity index (χ0n) is 14.2. The zero-order chi connectivity index (χ0) is 18.4. The minimum atomic E-state index is -1.05. The molecule has 0 aliphatic rings. The number of benzene rings is 1. The minimum absolute atomic E-state index is 0.205. The van der Waals surface area contributed by atoms with Crippen molar-refractivity contribution in [3.05, 3.63) is 70.1 Å². The van der Waals surface area contributed by atoms with Gasteiger partial charge in [-0.1, -0.05) is 35.5 Å². The molecule has 2 aromatic heterocycles. The third kappa shape index (κ3) is 4.80. The number of carbonyl (C=O) groups is 2. The van der Waals surface area contributed by atoms with E-state index in [-0.39, 0.29) is 12.2 Å². The maximum Gasteiger partial charge on any atom is 0.307 e. The Morgan fingerprint density at radius 2 is 2.08 bits per heavy atom. The Balaban J connectivity index is 1.68. The first kappa shape index (κ1) is 17.9. The molecule has 134 valence electrons. The van der Waals surface area contributed by atoms with Crippen LogP contribution in [0.25, 0.3) is 0 Å². The second-order valence-electron chi connectivity index (χ2n) is 5.72. The molecule has 7 heteroatoms. The molecule has 3 aromatic rings. The molecule has 2 heterocycles. The number of aryl methyl sites for hydroxylation is 2. The summed E-state index contributed by atoms with van der Waals surface area (Å²) < 4.78 is 10.4. The number of nitrogens with zero attached hydrogens (tertiary/aromatic N) is 1. The normalized spacial score (nSPS) is 11.7. The number of aromatic nitrogens is 1. The smallest absolute Gasteiger partial charge is 0.307 e. The lowest BCUT2D eigenvalue weighted by Gasteiger charge is -2.17. The van der Waals surface area contributed by atoms with E-state index >= 15 is 0 Å². The highest BCUT2D eigenvalue weighted by Gasteiger charge is 2.25. The molecule has 0 saturated carbocycles. The molecular weight excluding hydrogens is 352 g/mol. The summed E-state index contributed by atoms with van der Waals surface area (Å²) in [4.78, 5) is 24.9. The molecule has 0 radical (unpaired) electrons. The topological polar surface area (TPSA) is 81.4 Å². The lowest BCUT2D eigenvalue weighted by atomic mass is 10.1. The van der Waals surface area contributed by atoms with E-state index in [4.69, 9.17) is 9.26 Å². The SMILES string of the molecule is Cc1cc(NC(=O)C(OC(=O)CCc2ccsc2)c2ccccc2)no1. The predicted octanol–water partition coefficient (Wildman–Crippen LogP) is 3.90. The van der Waals surface area contributed by atoms with Crippen molar-refractivity contribution in [3.63, 3.8) is 0 Å². The molecule has 0 aliphatic carbocycles. The van der Waals surface area contributed by atoms with Crippen molar-refractivity contribution in [2.45, 2.75) is 25.9 Å². The molecule has 0 fully saturated rings. The van der Waals surface area contributed by atoms with Crippen LogP contribution in [0.1, 0.15) is 29.4 Å². The van der Waals surface area contributed by atoms with Crippen molar-refractivity contribution in [1.29, 1.82) is 0 Å². The van der Waals surface area contributed by atoms with Crippen LogP contribution < -0.4 is 5.32 Å².